The highest BCUT2D eigenvalue weighted by Gasteiger charge is 2.51. The van der Waals surface area contributed by atoms with Crippen LogP contribution in [-0.4, -0.2) is 70.6 Å². The predicted molar refractivity (Wildman–Crippen MR) is 95.0 cm³/mol. The number of carbonyl (C=O) groups is 2. The van der Waals surface area contributed by atoms with E-state index in [1.54, 1.807) is 0 Å². The van der Waals surface area contributed by atoms with E-state index < -0.39 is 11.9 Å². The lowest BCUT2D eigenvalue weighted by molar-refractivity contribution is -0.159. The minimum absolute atomic E-state index is 0.0222. The second-order valence-electron chi connectivity index (χ2n) is 5.94. The van der Waals surface area contributed by atoms with Crippen molar-refractivity contribution in [2.75, 3.05) is 27.2 Å². The number of nitrogens with zero attached hydrogens (tertiary/aromatic N) is 3. The maximum Gasteiger partial charge on any atom is 0.414 e. The Morgan fingerprint density at radius 2 is 2.08 bits per heavy atom. The highest BCUT2D eigenvalue weighted by atomic mass is 32.2. The Bertz CT molecular complexity index is 671. The van der Waals surface area contributed by atoms with E-state index >= 15 is 0 Å². The number of oxime groups is 1. The molecule has 0 aromatic rings. The summed E-state index contributed by atoms with van der Waals surface area (Å²) in [5, 5.41) is 21.3. The smallest absolute Gasteiger partial charge is 0.414 e. The molecule has 3 heterocycles. The van der Waals surface area contributed by atoms with Gasteiger partial charge in [0.2, 0.25) is 0 Å². The van der Waals surface area contributed by atoms with Crippen LogP contribution >= 0.6 is 11.8 Å². The molecule has 0 bridgehead atoms. The molecular weight excluding hydrogens is 346 g/mol. The van der Waals surface area contributed by atoms with E-state index in [4.69, 9.17) is 24.6 Å². The van der Waals surface area contributed by atoms with Crippen LogP contribution in [0.15, 0.2) is 39.4 Å². The highest BCUT2D eigenvalue weighted by molar-refractivity contribution is 8.06. The zero-order chi connectivity index (χ0) is 18.6. The summed E-state index contributed by atoms with van der Waals surface area (Å²) in [7, 11) is 4.06. The van der Waals surface area contributed by atoms with Crippen LogP contribution in [0.25, 0.3) is 0 Å². The molecule has 0 amide bonds. The van der Waals surface area contributed by atoms with Gasteiger partial charge in [0.1, 0.15) is 12.1 Å². The quantitative estimate of drug-likeness (QED) is 0.438. The molecule has 2 N–H and O–H groups in total. The van der Waals surface area contributed by atoms with Gasteiger partial charge >= 0.3 is 11.9 Å². The van der Waals surface area contributed by atoms with Crippen LogP contribution in [0.1, 0.15) is 13.3 Å². The first kappa shape index (κ1) is 19.1. The molecule has 3 aliphatic heterocycles. The number of hydrogen-bond donors (Lipinski definition) is 2. The van der Waals surface area contributed by atoms with Crippen LogP contribution < -0.4 is 0 Å². The number of hydrogen-bond acceptors (Lipinski definition) is 6. The molecule has 9 heteroatoms. The minimum Gasteiger partial charge on any atom is -0.473 e. The van der Waals surface area contributed by atoms with Gasteiger partial charge < -0.3 is 24.9 Å². The van der Waals surface area contributed by atoms with Crippen LogP contribution in [0.3, 0.4) is 0 Å². The van der Waals surface area contributed by atoms with Crippen LogP contribution in [-0.2, 0) is 14.4 Å². The molecule has 0 aromatic carbocycles. The third-order valence-corrected chi connectivity index (χ3v) is 5.16. The average Bonchev–Trinajstić information content (AvgIpc) is 3.17. The van der Waals surface area contributed by atoms with Crippen LogP contribution in [0.5, 0.6) is 0 Å². The standard InChI is InChI=1S/C14H19N3OS.C2H2O4/c1-11-10-19-12-9-13(15-18-8-7-16(2)3)17-6-4-5-14(11,12)17;3-1(4)2(5)6/h4,6,9-10H,5,7-8H2,1-3H3;(H,3,4)(H,5,6)/b15-13-;. The van der Waals surface area contributed by atoms with E-state index in [2.05, 4.69) is 45.6 Å². The third kappa shape index (κ3) is 3.88. The first-order chi connectivity index (χ1) is 11.8. The lowest BCUT2D eigenvalue weighted by Gasteiger charge is -2.32. The molecule has 8 nitrogen and oxygen atoms in total. The predicted octanol–water partition coefficient (Wildman–Crippen LogP) is 1.54. The maximum atomic E-state index is 9.10. The van der Waals surface area contributed by atoms with E-state index in [1.165, 1.54) is 10.5 Å². The number of thioether (sulfide) groups is 1. The van der Waals surface area contributed by atoms with E-state index in [1.807, 2.05) is 25.9 Å². The molecule has 0 saturated heterocycles. The molecule has 3 aliphatic rings. The van der Waals surface area contributed by atoms with Gasteiger partial charge in [0.15, 0.2) is 5.84 Å². The Kier molecular flexibility index (Phi) is 5.91. The van der Waals surface area contributed by atoms with Crippen LogP contribution in [0.2, 0.25) is 0 Å². The number of likely N-dealkylation sites (N-methyl/N-ethyl adjacent to an activating group) is 1. The molecule has 1 spiro atoms. The molecule has 1 atom stereocenters. The lowest BCUT2D eigenvalue weighted by Crippen LogP contribution is -2.41. The third-order valence-electron chi connectivity index (χ3n) is 3.98. The van der Waals surface area contributed by atoms with Gasteiger partial charge in [-0.15, -0.1) is 0 Å². The number of aliphatic carboxylic acids is 2. The Morgan fingerprint density at radius 1 is 1.40 bits per heavy atom. The first-order valence-corrected chi connectivity index (χ1v) is 8.50. The van der Waals surface area contributed by atoms with Gasteiger partial charge in [-0.05, 0) is 44.5 Å². The van der Waals surface area contributed by atoms with E-state index in [9.17, 15) is 0 Å². The largest absolute Gasteiger partial charge is 0.473 e. The summed E-state index contributed by atoms with van der Waals surface area (Å²) in [6.45, 7) is 3.69. The monoisotopic (exact) mass is 367 g/mol. The van der Waals surface area contributed by atoms with Crippen molar-refractivity contribution >= 4 is 29.5 Å². The minimum atomic E-state index is -1.82. The summed E-state index contributed by atoms with van der Waals surface area (Å²) in [4.78, 5) is 29.3. The highest BCUT2D eigenvalue weighted by Crippen LogP contribution is 2.54. The Labute approximate surface area is 150 Å². The van der Waals surface area contributed by atoms with Crippen LogP contribution in [0.4, 0.5) is 0 Å². The zero-order valence-corrected chi connectivity index (χ0v) is 15.1. The topological polar surface area (TPSA) is 103 Å². The molecule has 0 aliphatic carbocycles. The molecule has 0 radical (unpaired) electrons. The molecule has 0 fully saturated rings. The van der Waals surface area contributed by atoms with Crippen molar-refractivity contribution in [2.45, 2.75) is 18.9 Å². The summed E-state index contributed by atoms with van der Waals surface area (Å²) in [6, 6.07) is 0. The van der Waals surface area contributed by atoms with Crippen molar-refractivity contribution in [1.29, 1.82) is 0 Å². The summed E-state index contributed by atoms with van der Waals surface area (Å²) >= 11 is 1.81. The fraction of sp³-hybridized carbons (Fsp3) is 0.438. The molecule has 1 unspecified atom stereocenters. The maximum absolute atomic E-state index is 9.10. The van der Waals surface area contributed by atoms with Gasteiger partial charge in [-0.25, -0.2) is 9.59 Å². The van der Waals surface area contributed by atoms with E-state index in [-0.39, 0.29) is 5.54 Å². The second-order valence-corrected chi connectivity index (χ2v) is 6.85. The summed E-state index contributed by atoms with van der Waals surface area (Å²) < 4.78 is 0. The SMILES string of the molecule is CC1=CSC2=C/C(=N/OCCN(C)C)N3C=CCC123.O=C(O)C(=O)O. The number of amidine groups is 1. The van der Waals surface area contributed by atoms with Crippen molar-refractivity contribution in [3.05, 3.63) is 34.2 Å². The van der Waals surface area contributed by atoms with E-state index in [0.717, 1.165) is 18.8 Å². The molecule has 3 rings (SSSR count). The summed E-state index contributed by atoms with van der Waals surface area (Å²) in [5.74, 6) is -2.73. The van der Waals surface area contributed by atoms with Crippen molar-refractivity contribution in [3.63, 3.8) is 0 Å². The zero-order valence-electron chi connectivity index (χ0n) is 14.3. The second kappa shape index (κ2) is 7.75. The van der Waals surface area contributed by atoms with E-state index in [0.29, 0.717) is 6.61 Å². The first-order valence-electron chi connectivity index (χ1n) is 7.62. The molecule has 0 aromatic heterocycles. The van der Waals surface area contributed by atoms with Gasteiger partial charge in [-0.3, -0.25) is 0 Å². The number of carboxylic acids is 2. The van der Waals surface area contributed by atoms with Crippen molar-refractivity contribution in [3.8, 4) is 0 Å². The van der Waals surface area contributed by atoms with Gasteiger partial charge in [0.05, 0.1) is 0 Å². The molecule has 25 heavy (non-hydrogen) atoms. The van der Waals surface area contributed by atoms with Crippen LogP contribution in [0, 0.1) is 0 Å². The molecular formula is C16H21N3O5S. The fourth-order valence-electron chi connectivity index (χ4n) is 2.68. The Hall–Kier alpha value is -2.26. The Morgan fingerprint density at radius 3 is 2.68 bits per heavy atom. The number of rotatable bonds is 4. The van der Waals surface area contributed by atoms with Crippen molar-refractivity contribution in [1.82, 2.24) is 9.80 Å². The van der Waals surface area contributed by atoms with Gasteiger partial charge in [-0.2, -0.15) is 0 Å². The Balaban J connectivity index is 0.000000326. The normalized spacial score (nSPS) is 24.5. The van der Waals surface area contributed by atoms with Crippen molar-refractivity contribution in [2.24, 2.45) is 5.16 Å². The van der Waals surface area contributed by atoms with Gasteiger partial charge in [0.25, 0.3) is 0 Å². The van der Waals surface area contributed by atoms with Gasteiger partial charge in [-0.1, -0.05) is 23.0 Å². The molecule has 0 saturated carbocycles. The number of carboxylic acid groups (broad SMARTS) is 2. The fourth-order valence-corrected chi connectivity index (χ4v) is 3.89. The average molecular weight is 367 g/mol. The summed E-state index contributed by atoms with van der Waals surface area (Å²) in [6.07, 6.45) is 7.52. The summed E-state index contributed by atoms with van der Waals surface area (Å²) in [5.41, 5.74) is 1.42. The van der Waals surface area contributed by atoms with Crippen molar-refractivity contribution < 1.29 is 24.6 Å². The lowest BCUT2D eigenvalue weighted by atomic mass is 9.90. The van der Waals surface area contributed by atoms with Gasteiger partial charge in [0, 0.05) is 17.6 Å². The molecule has 136 valence electrons.